The van der Waals surface area contributed by atoms with Crippen molar-refractivity contribution in [2.24, 2.45) is 5.92 Å². The second-order valence-corrected chi connectivity index (χ2v) is 12.5. The molecule has 182 valence electrons. The van der Waals surface area contributed by atoms with Crippen molar-refractivity contribution in [1.82, 2.24) is 9.71 Å². The van der Waals surface area contributed by atoms with Crippen LogP contribution in [-0.4, -0.2) is 44.0 Å². The minimum absolute atomic E-state index is 0.0216. The molecule has 0 spiro atoms. The van der Waals surface area contributed by atoms with Gasteiger partial charge in [0.25, 0.3) is 10.0 Å². The summed E-state index contributed by atoms with van der Waals surface area (Å²) >= 11 is 6.67. The summed E-state index contributed by atoms with van der Waals surface area (Å²) in [6.45, 7) is 7.74. The lowest BCUT2D eigenvalue weighted by Crippen LogP contribution is -2.42. The molecule has 1 aliphatic rings. The maximum absolute atomic E-state index is 12.6. The van der Waals surface area contributed by atoms with Crippen molar-refractivity contribution in [3.8, 4) is 6.07 Å². The number of rotatable bonds is 5. The fourth-order valence-electron chi connectivity index (χ4n) is 3.52. The van der Waals surface area contributed by atoms with E-state index in [4.69, 9.17) is 16.3 Å². The Morgan fingerprint density at radius 1 is 1.29 bits per heavy atom. The second-order valence-electron chi connectivity index (χ2n) is 8.90. The number of nitriles is 1. The standard InChI is InChI=1S/C22H25ClN4O5S2/c1-13-16(21(29)32-22(2,3)4)11-15(12-24)19(25-13)27-9-7-14(8-10-27)20(28)26-34(30,31)18-6-5-17(23)33-18/h5-6,11,14H,7-10H2,1-4H3,(H,26,28). The van der Waals surface area contributed by atoms with E-state index in [0.29, 0.717) is 41.8 Å². The molecule has 1 saturated heterocycles. The molecule has 2 aromatic rings. The number of carbonyl (C=O) groups excluding carboxylic acids is 2. The zero-order valence-corrected chi connectivity index (χ0v) is 21.6. The Morgan fingerprint density at radius 2 is 1.94 bits per heavy atom. The molecular formula is C22H25ClN4O5S2. The van der Waals surface area contributed by atoms with Crippen molar-refractivity contribution >= 4 is 50.7 Å². The molecule has 0 aliphatic carbocycles. The van der Waals surface area contributed by atoms with E-state index in [-0.39, 0.29) is 15.3 Å². The number of aromatic nitrogens is 1. The molecule has 0 saturated carbocycles. The van der Waals surface area contributed by atoms with Crippen molar-refractivity contribution in [3.05, 3.63) is 39.4 Å². The van der Waals surface area contributed by atoms with Crippen LogP contribution in [0.5, 0.6) is 0 Å². The van der Waals surface area contributed by atoms with E-state index in [2.05, 4.69) is 15.8 Å². The van der Waals surface area contributed by atoms with Crippen LogP contribution in [0.1, 0.15) is 55.2 Å². The number of thiophene rings is 1. The van der Waals surface area contributed by atoms with Gasteiger partial charge in [0.15, 0.2) is 0 Å². The third-order valence-electron chi connectivity index (χ3n) is 5.15. The van der Waals surface area contributed by atoms with Crippen LogP contribution < -0.4 is 9.62 Å². The fraction of sp³-hybridized carbons (Fsp3) is 0.455. The van der Waals surface area contributed by atoms with Gasteiger partial charge in [0.2, 0.25) is 5.91 Å². The molecule has 3 rings (SSSR count). The highest BCUT2D eigenvalue weighted by Crippen LogP contribution is 2.29. The Hall–Kier alpha value is -2.68. The first-order valence-electron chi connectivity index (χ1n) is 10.5. The zero-order chi connectivity index (χ0) is 25.3. The number of nitrogens with zero attached hydrogens (tertiary/aromatic N) is 3. The normalized spacial score (nSPS) is 15.0. The van der Waals surface area contributed by atoms with Gasteiger partial charge in [0, 0.05) is 19.0 Å². The summed E-state index contributed by atoms with van der Waals surface area (Å²) in [5.41, 5.74) is 0.208. The summed E-state index contributed by atoms with van der Waals surface area (Å²) in [6, 6.07) is 6.37. The molecular weight excluding hydrogens is 500 g/mol. The molecule has 12 heteroatoms. The highest BCUT2D eigenvalue weighted by atomic mass is 35.5. The zero-order valence-electron chi connectivity index (χ0n) is 19.2. The van der Waals surface area contributed by atoms with Crippen LogP contribution in [0.25, 0.3) is 0 Å². The van der Waals surface area contributed by atoms with Gasteiger partial charge >= 0.3 is 5.97 Å². The van der Waals surface area contributed by atoms with Crippen molar-refractivity contribution in [1.29, 1.82) is 5.26 Å². The number of pyridine rings is 1. The summed E-state index contributed by atoms with van der Waals surface area (Å²) in [5, 5.41) is 9.65. The number of amides is 1. The second kappa shape index (κ2) is 9.90. The van der Waals surface area contributed by atoms with E-state index >= 15 is 0 Å². The van der Waals surface area contributed by atoms with Crippen LogP contribution in [-0.2, 0) is 19.6 Å². The van der Waals surface area contributed by atoms with E-state index in [1.165, 1.54) is 18.2 Å². The van der Waals surface area contributed by atoms with E-state index in [9.17, 15) is 23.3 Å². The summed E-state index contributed by atoms with van der Waals surface area (Å²) in [4.78, 5) is 31.4. The van der Waals surface area contributed by atoms with Crippen LogP contribution in [0.2, 0.25) is 4.34 Å². The first kappa shape index (κ1) is 25.9. The molecule has 1 aliphatic heterocycles. The number of sulfonamides is 1. The molecule has 0 atom stereocenters. The Bertz CT molecular complexity index is 1250. The van der Waals surface area contributed by atoms with E-state index in [1.807, 2.05) is 4.90 Å². The van der Waals surface area contributed by atoms with Gasteiger partial charge in [-0.3, -0.25) is 4.79 Å². The SMILES string of the molecule is Cc1nc(N2CCC(C(=O)NS(=O)(=O)c3ccc(Cl)s3)CC2)c(C#N)cc1C(=O)OC(C)(C)C. The number of hydrogen-bond acceptors (Lipinski definition) is 9. The molecule has 0 radical (unpaired) electrons. The molecule has 9 nitrogen and oxygen atoms in total. The van der Waals surface area contributed by atoms with Gasteiger partial charge in [-0.1, -0.05) is 11.6 Å². The number of nitrogens with one attached hydrogen (secondary N) is 1. The third kappa shape index (κ3) is 6.05. The average molecular weight is 525 g/mol. The molecule has 1 N–H and O–H groups in total. The molecule has 34 heavy (non-hydrogen) atoms. The highest BCUT2D eigenvalue weighted by molar-refractivity contribution is 7.92. The summed E-state index contributed by atoms with van der Waals surface area (Å²) in [6.07, 6.45) is 0.762. The third-order valence-corrected chi connectivity index (χ3v) is 8.22. The monoisotopic (exact) mass is 524 g/mol. The first-order chi connectivity index (χ1) is 15.8. The largest absolute Gasteiger partial charge is 0.456 e. The number of anilines is 1. The molecule has 1 amide bonds. The average Bonchev–Trinajstić information content (AvgIpc) is 3.19. The quantitative estimate of drug-likeness (QED) is 0.586. The molecule has 3 heterocycles. The van der Waals surface area contributed by atoms with Crippen molar-refractivity contribution in [2.75, 3.05) is 18.0 Å². The lowest BCUT2D eigenvalue weighted by Gasteiger charge is -2.32. The number of ether oxygens (including phenoxy) is 1. The number of carbonyl (C=O) groups is 2. The van der Waals surface area contributed by atoms with Gasteiger partial charge in [-0.05, 0) is 58.7 Å². The number of aryl methyl sites for hydroxylation is 1. The molecule has 0 unspecified atom stereocenters. The van der Waals surface area contributed by atoms with Crippen molar-refractivity contribution < 1.29 is 22.7 Å². The Kier molecular flexibility index (Phi) is 7.55. The van der Waals surface area contributed by atoms with Gasteiger partial charge in [0.05, 0.1) is 21.2 Å². The van der Waals surface area contributed by atoms with Crippen LogP contribution >= 0.6 is 22.9 Å². The molecule has 0 bridgehead atoms. The predicted octanol–water partition coefficient (Wildman–Crippen LogP) is 3.65. The summed E-state index contributed by atoms with van der Waals surface area (Å²) < 4.78 is 32.6. The summed E-state index contributed by atoms with van der Waals surface area (Å²) in [7, 11) is -3.97. The van der Waals surface area contributed by atoms with Gasteiger partial charge < -0.3 is 9.64 Å². The Balaban J connectivity index is 1.70. The van der Waals surface area contributed by atoms with Gasteiger partial charge in [-0.25, -0.2) is 22.9 Å². The Morgan fingerprint density at radius 3 is 2.47 bits per heavy atom. The van der Waals surface area contributed by atoms with Gasteiger partial charge in [-0.15, -0.1) is 11.3 Å². The lowest BCUT2D eigenvalue weighted by molar-refractivity contribution is -0.123. The van der Waals surface area contributed by atoms with Crippen LogP contribution in [0.15, 0.2) is 22.4 Å². The van der Waals surface area contributed by atoms with Crippen LogP contribution in [0, 0.1) is 24.2 Å². The van der Waals surface area contributed by atoms with E-state index < -0.39 is 33.4 Å². The lowest BCUT2D eigenvalue weighted by atomic mass is 9.96. The number of esters is 1. The smallest absolute Gasteiger partial charge is 0.340 e. The Labute approximate surface area is 207 Å². The number of hydrogen-bond donors (Lipinski definition) is 1. The minimum atomic E-state index is -3.97. The predicted molar refractivity (Wildman–Crippen MR) is 128 cm³/mol. The topological polar surface area (TPSA) is 129 Å². The first-order valence-corrected chi connectivity index (χ1v) is 13.2. The van der Waals surface area contributed by atoms with Crippen molar-refractivity contribution in [2.45, 2.75) is 50.3 Å². The maximum atomic E-state index is 12.6. The summed E-state index contributed by atoms with van der Waals surface area (Å²) in [5.74, 6) is -1.21. The van der Waals surface area contributed by atoms with Crippen molar-refractivity contribution in [3.63, 3.8) is 0 Å². The van der Waals surface area contributed by atoms with Gasteiger partial charge in [-0.2, -0.15) is 5.26 Å². The number of piperidine rings is 1. The number of halogens is 1. The van der Waals surface area contributed by atoms with E-state index in [1.54, 1.807) is 27.7 Å². The molecule has 2 aromatic heterocycles. The van der Waals surface area contributed by atoms with E-state index in [0.717, 1.165) is 11.3 Å². The molecule has 0 aromatic carbocycles. The van der Waals surface area contributed by atoms with Crippen LogP contribution in [0.3, 0.4) is 0 Å². The highest BCUT2D eigenvalue weighted by Gasteiger charge is 2.31. The van der Waals surface area contributed by atoms with Crippen LogP contribution in [0.4, 0.5) is 5.82 Å². The van der Waals surface area contributed by atoms with Gasteiger partial charge in [0.1, 0.15) is 21.7 Å². The molecule has 1 fully saturated rings. The minimum Gasteiger partial charge on any atom is -0.456 e. The maximum Gasteiger partial charge on any atom is 0.340 e. The fourth-order valence-corrected chi connectivity index (χ4v) is 6.04.